The molecule has 0 atom stereocenters. The molecule has 1 aliphatic heterocycles. The highest BCUT2D eigenvalue weighted by molar-refractivity contribution is 5.94. The zero-order valence-electron chi connectivity index (χ0n) is 20.2. The van der Waals surface area contributed by atoms with Gasteiger partial charge in [-0.25, -0.2) is 9.97 Å². The van der Waals surface area contributed by atoms with Crippen LogP contribution in [-0.4, -0.2) is 64.4 Å². The van der Waals surface area contributed by atoms with Crippen LogP contribution in [0.5, 0.6) is 5.75 Å². The monoisotopic (exact) mass is 504 g/mol. The minimum absolute atomic E-state index is 0.138. The van der Waals surface area contributed by atoms with Crippen LogP contribution in [0.4, 0.5) is 13.2 Å². The molecule has 0 N–H and O–H groups in total. The molecule has 1 aromatic carbocycles. The molecule has 4 rings (SSSR count). The first-order valence-electron chi connectivity index (χ1n) is 12.5. The average Bonchev–Trinajstić information content (AvgIpc) is 2.89. The number of ether oxygens (including phenoxy) is 1. The molecule has 1 aliphatic carbocycles. The lowest BCUT2D eigenvalue weighted by Crippen LogP contribution is -2.51. The number of amides is 2. The van der Waals surface area contributed by atoms with E-state index in [1.165, 1.54) is 37.0 Å². The topological polar surface area (TPSA) is 75.6 Å². The van der Waals surface area contributed by atoms with Crippen LogP contribution in [0.3, 0.4) is 0 Å². The molecular formula is C26H31F3N4O3. The van der Waals surface area contributed by atoms with Gasteiger partial charge in [-0.2, -0.15) is 13.2 Å². The molecule has 2 amide bonds. The number of nitrogens with zero attached hydrogens (tertiary/aromatic N) is 4. The molecule has 2 aromatic rings. The Morgan fingerprint density at radius 3 is 2.44 bits per heavy atom. The lowest BCUT2D eigenvalue weighted by molar-refractivity contribution is -0.141. The minimum Gasteiger partial charge on any atom is -0.494 e. The van der Waals surface area contributed by atoms with Gasteiger partial charge in [-0.05, 0) is 36.6 Å². The van der Waals surface area contributed by atoms with E-state index >= 15 is 0 Å². The minimum atomic E-state index is -4.59. The number of hydrogen-bond donors (Lipinski definition) is 0. The van der Waals surface area contributed by atoms with Crippen molar-refractivity contribution in [3.8, 4) is 5.75 Å². The van der Waals surface area contributed by atoms with E-state index in [9.17, 15) is 22.8 Å². The Hall–Kier alpha value is -3.17. The molecule has 0 radical (unpaired) electrons. The van der Waals surface area contributed by atoms with Crippen molar-refractivity contribution in [2.75, 3.05) is 32.8 Å². The van der Waals surface area contributed by atoms with Gasteiger partial charge in [0, 0.05) is 37.9 Å². The van der Waals surface area contributed by atoms with Gasteiger partial charge in [0.15, 0.2) is 0 Å². The molecule has 2 aliphatic rings. The summed E-state index contributed by atoms with van der Waals surface area (Å²) in [4.78, 5) is 36.0. The van der Waals surface area contributed by atoms with Crippen molar-refractivity contribution in [2.24, 2.45) is 5.92 Å². The molecule has 194 valence electrons. The first kappa shape index (κ1) is 25.9. The summed E-state index contributed by atoms with van der Waals surface area (Å²) in [5.41, 5.74) is -0.543. The molecule has 1 aromatic heterocycles. The van der Waals surface area contributed by atoms with E-state index in [1.807, 2.05) is 6.07 Å². The first-order valence-corrected chi connectivity index (χ1v) is 12.5. The SMILES string of the molecule is O=C(Cc1nccc(C(F)(F)F)n1)N1CCN(C(=O)c2cccc(OCCC3CCCCC3)c2)CC1. The van der Waals surface area contributed by atoms with Crippen molar-refractivity contribution in [3.05, 3.63) is 53.6 Å². The van der Waals surface area contributed by atoms with E-state index in [-0.39, 0.29) is 24.1 Å². The number of benzene rings is 1. The maximum Gasteiger partial charge on any atom is 0.433 e. The maximum absolute atomic E-state index is 13.0. The van der Waals surface area contributed by atoms with Gasteiger partial charge in [0.05, 0.1) is 13.0 Å². The fraction of sp³-hybridized carbons (Fsp3) is 0.538. The molecular weight excluding hydrogens is 473 g/mol. The van der Waals surface area contributed by atoms with Crippen LogP contribution in [0.25, 0.3) is 0 Å². The maximum atomic E-state index is 13.0. The molecule has 0 spiro atoms. The summed E-state index contributed by atoms with van der Waals surface area (Å²) in [6.07, 6.45) is 3.57. The van der Waals surface area contributed by atoms with Crippen LogP contribution < -0.4 is 4.74 Å². The number of halogens is 3. The summed E-state index contributed by atoms with van der Waals surface area (Å²) in [5.74, 6) is 0.721. The second kappa shape index (κ2) is 11.7. The average molecular weight is 505 g/mol. The Bertz CT molecular complexity index is 1050. The largest absolute Gasteiger partial charge is 0.494 e. The number of carbonyl (C=O) groups is 2. The number of hydrogen-bond acceptors (Lipinski definition) is 5. The molecule has 10 heteroatoms. The second-order valence-corrected chi connectivity index (χ2v) is 9.37. The van der Waals surface area contributed by atoms with E-state index in [0.717, 1.165) is 24.6 Å². The molecule has 0 bridgehead atoms. The van der Waals surface area contributed by atoms with Crippen molar-refractivity contribution < 1.29 is 27.5 Å². The van der Waals surface area contributed by atoms with Crippen LogP contribution in [-0.2, 0) is 17.4 Å². The zero-order chi connectivity index (χ0) is 25.5. The predicted molar refractivity (Wildman–Crippen MR) is 126 cm³/mol. The number of piperazine rings is 1. The molecule has 36 heavy (non-hydrogen) atoms. The van der Waals surface area contributed by atoms with Gasteiger partial charge in [-0.15, -0.1) is 0 Å². The van der Waals surface area contributed by atoms with E-state index in [1.54, 1.807) is 23.1 Å². The summed E-state index contributed by atoms with van der Waals surface area (Å²) in [6, 6.07) is 7.93. The van der Waals surface area contributed by atoms with Crippen molar-refractivity contribution >= 4 is 11.8 Å². The van der Waals surface area contributed by atoms with Gasteiger partial charge in [0.1, 0.15) is 17.3 Å². The van der Waals surface area contributed by atoms with Crippen molar-refractivity contribution in [3.63, 3.8) is 0 Å². The highest BCUT2D eigenvalue weighted by Crippen LogP contribution is 2.28. The highest BCUT2D eigenvalue weighted by atomic mass is 19.4. The quantitative estimate of drug-likeness (QED) is 0.560. The van der Waals surface area contributed by atoms with Crippen LogP contribution in [0, 0.1) is 5.92 Å². The third-order valence-corrected chi connectivity index (χ3v) is 6.83. The Labute approximate surface area is 208 Å². The standard InChI is InChI=1S/C26H31F3N4O3/c27-26(28,29)22-9-11-30-23(31-22)18-24(34)32-12-14-33(15-13-32)25(35)20-7-4-8-21(17-20)36-16-10-19-5-2-1-3-6-19/h4,7-9,11,17,19H,1-3,5-6,10,12-16,18H2. The first-order chi connectivity index (χ1) is 17.3. The van der Waals surface area contributed by atoms with E-state index in [4.69, 9.17) is 4.74 Å². The fourth-order valence-electron chi connectivity index (χ4n) is 4.77. The number of carbonyl (C=O) groups excluding carboxylic acids is 2. The molecule has 2 fully saturated rings. The fourth-order valence-corrected chi connectivity index (χ4v) is 4.77. The van der Waals surface area contributed by atoms with E-state index in [0.29, 0.717) is 44.1 Å². The normalized spacial score (nSPS) is 17.2. The van der Waals surface area contributed by atoms with Gasteiger partial charge in [-0.1, -0.05) is 38.2 Å². The smallest absolute Gasteiger partial charge is 0.433 e. The summed E-state index contributed by atoms with van der Waals surface area (Å²) in [5, 5.41) is 0. The summed E-state index contributed by atoms with van der Waals surface area (Å²) >= 11 is 0. The van der Waals surface area contributed by atoms with Crippen molar-refractivity contribution in [1.29, 1.82) is 0 Å². The lowest BCUT2D eigenvalue weighted by Gasteiger charge is -2.34. The van der Waals surface area contributed by atoms with Crippen molar-refractivity contribution in [1.82, 2.24) is 19.8 Å². The molecule has 7 nitrogen and oxygen atoms in total. The molecule has 1 saturated carbocycles. The third kappa shape index (κ3) is 6.95. The molecule has 2 heterocycles. The Balaban J connectivity index is 1.26. The van der Waals surface area contributed by atoms with Crippen LogP contribution in [0.1, 0.15) is 60.4 Å². The Morgan fingerprint density at radius 2 is 1.72 bits per heavy atom. The third-order valence-electron chi connectivity index (χ3n) is 6.83. The number of aromatic nitrogens is 2. The lowest BCUT2D eigenvalue weighted by atomic mass is 9.87. The summed E-state index contributed by atoms with van der Waals surface area (Å²) in [7, 11) is 0. The van der Waals surface area contributed by atoms with Crippen molar-refractivity contribution in [2.45, 2.75) is 51.1 Å². The van der Waals surface area contributed by atoms with Crippen LogP contribution >= 0.6 is 0 Å². The van der Waals surface area contributed by atoms with Crippen LogP contribution in [0.2, 0.25) is 0 Å². The Morgan fingerprint density at radius 1 is 1.00 bits per heavy atom. The van der Waals surface area contributed by atoms with Gasteiger partial charge in [0.2, 0.25) is 5.91 Å². The molecule has 0 unspecified atom stereocenters. The second-order valence-electron chi connectivity index (χ2n) is 9.37. The van der Waals surface area contributed by atoms with Gasteiger partial charge >= 0.3 is 6.18 Å². The van der Waals surface area contributed by atoms with Gasteiger partial charge < -0.3 is 14.5 Å². The summed E-state index contributed by atoms with van der Waals surface area (Å²) in [6.45, 7) is 1.89. The molecule has 1 saturated heterocycles. The predicted octanol–water partition coefficient (Wildman–Crippen LogP) is 4.37. The van der Waals surface area contributed by atoms with Gasteiger partial charge in [-0.3, -0.25) is 9.59 Å². The Kier molecular flexibility index (Phi) is 8.43. The zero-order valence-corrected chi connectivity index (χ0v) is 20.2. The number of alkyl halides is 3. The highest BCUT2D eigenvalue weighted by Gasteiger charge is 2.33. The number of rotatable bonds is 7. The van der Waals surface area contributed by atoms with Crippen LogP contribution in [0.15, 0.2) is 36.5 Å². The summed E-state index contributed by atoms with van der Waals surface area (Å²) < 4.78 is 44.5. The van der Waals surface area contributed by atoms with Gasteiger partial charge in [0.25, 0.3) is 5.91 Å². The van der Waals surface area contributed by atoms with E-state index in [2.05, 4.69) is 9.97 Å². The van der Waals surface area contributed by atoms with E-state index < -0.39 is 11.9 Å².